The first-order chi connectivity index (χ1) is 9.63. The Hall–Kier alpha value is -1.71. The first-order valence-corrected chi connectivity index (χ1v) is 6.76. The molecule has 0 radical (unpaired) electrons. The van der Waals surface area contributed by atoms with E-state index in [0.717, 1.165) is 5.56 Å². The number of aliphatic hydroxyl groups is 1. The number of halogens is 1. The number of hydrogen-bond donors (Lipinski definition) is 2. The van der Waals surface area contributed by atoms with Crippen molar-refractivity contribution in [2.24, 2.45) is 0 Å². The molecule has 2 nitrogen and oxygen atoms in total. The molecule has 0 aliphatic rings. The first kappa shape index (κ1) is 14.7. The Morgan fingerprint density at radius 2 is 1.70 bits per heavy atom. The minimum absolute atomic E-state index is 0.0475. The number of benzene rings is 2. The zero-order valence-corrected chi connectivity index (χ0v) is 11.6. The Morgan fingerprint density at radius 1 is 1.05 bits per heavy atom. The van der Waals surface area contributed by atoms with Crippen LogP contribution in [0.3, 0.4) is 0 Å². The van der Waals surface area contributed by atoms with Crippen LogP contribution in [0, 0.1) is 5.82 Å². The second-order valence-corrected chi connectivity index (χ2v) is 5.33. The minimum atomic E-state index is -0.544. The summed E-state index contributed by atoms with van der Waals surface area (Å²) in [7, 11) is 0. The Morgan fingerprint density at radius 3 is 2.35 bits per heavy atom. The van der Waals surface area contributed by atoms with Gasteiger partial charge in [0, 0.05) is 12.1 Å². The summed E-state index contributed by atoms with van der Waals surface area (Å²) in [5.74, 6) is -0.228. The maximum Gasteiger partial charge on any atom is 0.126 e. The second kappa shape index (κ2) is 6.64. The van der Waals surface area contributed by atoms with Crippen LogP contribution in [-0.2, 0) is 13.0 Å². The third-order valence-corrected chi connectivity index (χ3v) is 3.45. The van der Waals surface area contributed by atoms with E-state index in [1.807, 2.05) is 43.3 Å². The Labute approximate surface area is 119 Å². The van der Waals surface area contributed by atoms with Crippen LogP contribution in [0.25, 0.3) is 0 Å². The van der Waals surface area contributed by atoms with Crippen molar-refractivity contribution in [1.82, 2.24) is 5.32 Å². The zero-order valence-electron chi connectivity index (χ0n) is 11.6. The van der Waals surface area contributed by atoms with E-state index >= 15 is 0 Å². The van der Waals surface area contributed by atoms with Gasteiger partial charge in [-0.05, 0) is 30.5 Å². The minimum Gasteiger partial charge on any atom is -0.394 e. The van der Waals surface area contributed by atoms with Gasteiger partial charge in [-0.2, -0.15) is 0 Å². The van der Waals surface area contributed by atoms with E-state index in [1.54, 1.807) is 12.1 Å². The van der Waals surface area contributed by atoms with Crippen LogP contribution in [-0.4, -0.2) is 17.3 Å². The summed E-state index contributed by atoms with van der Waals surface area (Å²) in [5, 5.41) is 13.0. The lowest BCUT2D eigenvalue weighted by Gasteiger charge is -2.29. The Balaban J connectivity index is 2.04. The third-order valence-electron chi connectivity index (χ3n) is 3.45. The molecule has 2 rings (SSSR count). The lowest BCUT2D eigenvalue weighted by molar-refractivity contribution is 0.171. The first-order valence-electron chi connectivity index (χ1n) is 6.76. The van der Waals surface area contributed by atoms with Crippen molar-refractivity contribution >= 4 is 0 Å². The van der Waals surface area contributed by atoms with Gasteiger partial charge in [-0.3, -0.25) is 0 Å². The summed E-state index contributed by atoms with van der Waals surface area (Å²) in [5.41, 5.74) is 1.21. The van der Waals surface area contributed by atoms with E-state index in [-0.39, 0.29) is 12.4 Å². The molecule has 20 heavy (non-hydrogen) atoms. The van der Waals surface area contributed by atoms with Crippen molar-refractivity contribution in [3.8, 4) is 0 Å². The highest BCUT2D eigenvalue weighted by molar-refractivity contribution is 5.20. The molecular formula is C17H20FNO. The van der Waals surface area contributed by atoms with Crippen molar-refractivity contribution in [3.63, 3.8) is 0 Å². The molecule has 0 saturated heterocycles. The van der Waals surface area contributed by atoms with Crippen molar-refractivity contribution in [2.75, 3.05) is 6.61 Å². The molecule has 2 aromatic carbocycles. The van der Waals surface area contributed by atoms with Crippen molar-refractivity contribution in [1.29, 1.82) is 0 Å². The topological polar surface area (TPSA) is 32.3 Å². The van der Waals surface area contributed by atoms with Crippen LogP contribution in [0.2, 0.25) is 0 Å². The van der Waals surface area contributed by atoms with Crippen molar-refractivity contribution < 1.29 is 9.50 Å². The standard InChI is InChI=1S/C17H20FNO/c1-17(13-20,11-15-9-5-6-10-16(15)18)19-12-14-7-3-2-4-8-14/h2-10,19-20H,11-13H2,1H3. The van der Waals surface area contributed by atoms with Crippen LogP contribution in [0.5, 0.6) is 0 Å². The predicted octanol–water partition coefficient (Wildman–Crippen LogP) is 2.91. The van der Waals surface area contributed by atoms with E-state index in [0.29, 0.717) is 18.5 Å². The van der Waals surface area contributed by atoms with Gasteiger partial charge in [-0.1, -0.05) is 48.5 Å². The Kier molecular flexibility index (Phi) is 4.88. The number of rotatable bonds is 6. The van der Waals surface area contributed by atoms with Gasteiger partial charge in [0.25, 0.3) is 0 Å². The normalized spacial score (nSPS) is 13.9. The molecule has 0 aliphatic heterocycles. The predicted molar refractivity (Wildman–Crippen MR) is 78.9 cm³/mol. The smallest absolute Gasteiger partial charge is 0.126 e. The van der Waals surface area contributed by atoms with Gasteiger partial charge in [0.05, 0.1) is 6.61 Å². The van der Waals surface area contributed by atoms with Gasteiger partial charge < -0.3 is 10.4 Å². The Bertz CT molecular complexity index is 544. The third kappa shape index (κ3) is 3.89. The molecule has 2 N–H and O–H groups in total. The largest absolute Gasteiger partial charge is 0.394 e. The highest BCUT2D eigenvalue weighted by Crippen LogP contribution is 2.16. The average Bonchev–Trinajstić information content (AvgIpc) is 2.49. The molecule has 2 aromatic rings. The summed E-state index contributed by atoms with van der Waals surface area (Å²) >= 11 is 0. The number of nitrogens with one attached hydrogen (secondary N) is 1. The quantitative estimate of drug-likeness (QED) is 0.848. The molecule has 0 spiro atoms. The molecule has 1 atom stereocenters. The lowest BCUT2D eigenvalue weighted by Crippen LogP contribution is -2.47. The van der Waals surface area contributed by atoms with Gasteiger partial charge in [0.1, 0.15) is 5.82 Å². The fraction of sp³-hybridized carbons (Fsp3) is 0.294. The van der Waals surface area contributed by atoms with E-state index < -0.39 is 5.54 Å². The molecule has 0 saturated carbocycles. The number of hydrogen-bond acceptors (Lipinski definition) is 2. The molecule has 0 heterocycles. The van der Waals surface area contributed by atoms with Crippen LogP contribution in [0.1, 0.15) is 18.1 Å². The van der Waals surface area contributed by atoms with E-state index in [9.17, 15) is 9.50 Å². The molecule has 0 aliphatic carbocycles. The zero-order chi connectivity index (χ0) is 14.4. The van der Waals surface area contributed by atoms with Gasteiger partial charge >= 0.3 is 0 Å². The van der Waals surface area contributed by atoms with Crippen LogP contribution in [0.15, 0.2) is 54.6 Å². The maximum atomic E-state index is 13.7. The fourth-order valence-electron chi connectivity index (χ4n) is 2.15. The summed E-state index contributed by atoms with van der Waals surface area (Å²) in [6.45, 7) is 2.50. The molecule has 0 aromatic heterocycles. The summed E-state index contributed by atoms with van der Waals surface area (Å²) in [4.78, 5) is 0. The average molecular weight is 273 g/mol. The van der Waals surface area contributed by atoms with E-state index in [1.165, 1.54) is 6.07 Å². The highest BCUT2D eigenvalue weighted by atomic mass is 19.1. The van der Waals surface area contributed by atoms with Crippen LogP contribution in [0.4, 0.5) is 4.39 Å². The molecule has 1 unspecified atom stereocenters. The van der Waals surface area contributed by atoms with Gasteiger partial charge in [-0.25, -0.2) is 4.39 Å². The van der Waals surface area contributed by atoms with Gasteiger partial charge in [-0.15, -0.1) is 0 Å². The van der Waals surface area contributed by atoms with E-state index in [4.69, 9.17) is 0 Å². The van der Waals surface area contributed by atoms with Crippen molar-refractivity contribution in [3.05, 3.63) is 71.5 Å². The van der Waals surface area contributed by atoms with Gasteiger partial charge in [0.15, 0.2) is 0 Å². The SMILES string of the molecule is CC(CO)(Cc1ccccc1F)NCc1ccccc1. The van der Waals surface area contributed by atoms with Crippen LogP contribution >= 0.6 is 0 Å². The summed E-state index contributed by atoms with van der Waals surface area (Å²) < 4.78 is 13.7. The molecule has 0 bridgehead atoms. The van der Waals surface area contributed by atoms with Gasteiger partial charge in [0.2, 0.25) is 0 Å². The molecule has 0 amide bonds. The molecular weight excluding hydrogens is 253 g/mol. The lowest BCUT2D eigenvalue weighted by atomic mass is 9.93. The highest BCUT2D eigenvalue weighted by Gasteiger charge is 2.24. The molecule has 0 fully saturated rings. The molecule has 3 heteroatoms. The summed E-state index contributed by atoms with van der Waals surface area (Å²) in [6.07, 6.45) is 0.447. The maximum absolute atomic E-state index is 13.7. The molecule has 106 valence electrons. The van der Waals surface area contributed by atoms with E-state index in [2.05, 4.69) is 5.32 Å². The fourth-order valence-corrected chi connectivity index (χ4v) is 2.15. The summed E-state index contributed by atoms with van der Waals surface area (Å²) in [6, 6.07) is 16.7. The monoisotopic (exact) mass is 273 g/mol. The number of aliphatic hydroxyl groups excluding tert-OH is 1. The van der Waals surface area contributed by atoms with Crippen molar-refractivity contribution in [2.45, 2.75) is 25.4 Å². The second-order valence-electron chi connectivity index (χ2n) is 5.33. The van der Waals surface area contributed by atoms with Crippen LogP contribution < -0.4 is 5.32 Å².